The summed E-state index contributed by atoms with van der Waals surface area (Å²) in [6, 6.07) is 8.89. The molecule has 0 aromatic heterocycles. The Hall–Kier alpha value is -1.06. The van der Waals surface area contributed by atoms with Crippen molar-refractivity contribution >= 4 is 29.9 Å². The molecule has 0 aliphatic carbocycles. The van der Waals surface area contributed by atoms with Gasteiger partial charge in [0.2, 0.25) is 0 Å². The molecular formula is C23H39IN4O2. The van der Waals surface area contributed by atoms with Gasteiger partial charge in [-0.05, 0) is 55.2 Å². The maximum Gasteiger partial charge on any atom is 0.191 e. The third-order valence-electron chi connectivity index (χ3n) is 6.25. The van der Waals surface area contributed by atoms with E-state index < -0.39 is 0 Å². The monoisotopic (exact) mass is 530 g/mol. The lowest BCUT2D eigenvalue weighted by molar-refractivity contribution is 0.150. The molecule has 2 aliphatic rings. The number of aliphatic imine (C=N–C) groups is 1. The lowest BCUT2D eigenvalue weighted by Crippen LogP contribution is -2.49. The standard InChI is InChI=1S/C23H38N4O2.HI/c1-18(20-4-6-22(28-3)7-5-20)8-12-25-23(24-2)26-21-9-13-27(14-10-21)16-19-11-15-29-17-19;/h4-7,18-19,21H,8-17H2,1-3H3,(H2,24,25,26);1H. The number of hydrogen-bond acceptors (Lipinski definition) is 4. The number of likely N-dealkylation sites (tertiary alicyclic amines) is 1. The zero-order valence-electron chi connectivity index (χ0n) is 18.7. The highest BCUT2D eigenvalue weighted by molar-refractivity contribution is 14.0. The Morgan fingerprint density at radius 1 is 1.23 bits per heavy atom. The summed E-state index contributed by atoms with van der Waals surface area (Å²) in [5.41, 5.74) is 1.34. The van der Waals surface area contributed by atoms with E-state index in [9.17, 15) is 0 Å². The largest absolute Gasteiger partial charge is 0.497 e. The van der Waals surface area contributed by atoms with Crippen LogP contribution in [-0.2, 0) is 4.74 Å². The number of rotatable bonds is 8. The summed E-state index contributed by atoms with van der Waals surface area (Å²) in [6.45, 7) is 8.60. The molecule has 0 bridgehead atoms. The van der Waals surface area contributed by atoms with Gasteiger partial charge in [-0.15, -0.1) is 24.0 Å². The van der Waals surface area contributed by atoms with Crippen LogP contribution >= 0.6 is 24.0 Å². The topological polar surface area (TPSA) is 58.1 Å². The molecule has 30 heavy (non-hydrogen) atoms. The van der Waals surface area contributed by atoms with Gasteiger partial charge in [0.1, 0.15) is 5.75 Å². The molecule has 170 valence electrons. The van der Waals surface area contributed by atoms with E-state index in [0.717, 1.165) is 43.8 Å². The minimum atomic E-state index is 0. The quantitative estimate of drug-likeness (QED) is 0.306. The molecule has 6 nitrogen and oxygen atoms in total. The number of halogens is 1. The van der Waals surface area contributed by atoms with Crippen molar-refractivity contribution in [3.05, 3.63) is 29.8 Å². The fourth-order valence-electron chi connectivity index (χ4n) is 4.25. The average molecular weight is 530 g/mol. The second-order valence-corrected chi connectivity index (χ2v) is 8.41. The van der Waals surface area contributed by atoms with Crippen molar-refractivity contribution in [2.24, 2.45) is 10.9 Å². The first kappa shape index (κ1) is 25.2. The lowest BCUT2D eigenvalue weighted by Gasteiger charge is -2.34. The summed E-state index contributed by atoms with van der Waals surface area (Å²) < 4.78 is 10.8. The number of ether oxygens (including phenoxy) is 2. The van der Waals surface area contributed by atoms with Crippen LogP contribution in [0, 0.1) is 5.92 Å². The van der Waals surface area contributed by atoms with Gasteiger partial charge in [0.25, 0.3) is 0 Å². The van der Waals surface area contributed by atoms with E-state index in [0.29, 0.717) is 12.0 Å². The predicted octanol–water partition coefficient (Wildman–Crippen LogP) is 3.47. The number of benzene rings is 1. The van der Waals surface area contributed by atoms with Gasteiger partial charge in [0.05, 0.1) is 13.7 Å². The Labute approximate surface area is 199 Å². The van der Waals surface area contributed by atoms with Crippen molar-refractivity contribution in [1.82, 2.24) is 15.5 Å². The Bertz CT molecular complexity index is 627. The SMILES string of the molecule is CN=C(NCCC(C)c1ccc(OC)cc1)NC1CCN(CC2CCOC2)CC1.I. The second-order valence-electron chi connectivity index (χ2n) is 8.41. The molecule has 0 spiro atoms. The summed E-state index contributed by atoms with van der Waals surface area (Å²) in [5.74, 6) is 3.07. The van der Waals surface area contributed by atoms with Gasteiger partial charge in [-0.3, -0.25) is 4.99 Å². The van der Waals surface area contributed by atoms with Crippen molar-refractivity contribution in [1.29, 1.82) is 0 Å². The van der Waals surface area contributed by atoms with Gasteiger partial charge in [-0.2, -0.15) is 0 Å². The fraction of sp³-hybridized carbons (Fsp3) is 0.696. The highest BCUT2D eigenvalue weighted by Gasteiger charge is 2.24. The van der Waals surface area contributed by atoms with Crippen molar-refractivity contribution in [2.45, 2.75) is 44.6 Å². The summed E-state index contributed by atoms with van der Waals surface area (Å²) in [5, 5.41) is 7.11. The predicted molar refractivity (Wildman–Crippen MR) is 134 cm³/mol. The van der Waals surface area contributed by atoms with Crippen molar-refractivity contribution in [3.63, 3.8) is 0 Å². The Balaban J connectivity index is 0.00000320. The Morgan fingerprint density at radius 2 is 1.97 bits per heavy atom. The highest BCUT2D eigenvalue weighted by atomic mass is 127. The van der Waals surface area contributed by atoms with Crippen LogP contribution in [0.1, 0.15) is 44.1 Å². The number of hydrogen-bond donors (Lipinski definition) is 2. The number of methoxy groups -OCH3 is 1. The molecule has 2 fully saturated rings. The molecule has 2 saturated heterocycles. The maximum atomic E-state index is 5.51. The third-order valence-corrected chi connectivity index (χ3v) is 6.25. The first-order valence-corrected chi connectivity index (χ1v) is 11.1. The van der Waals surface area contributed by atoms with Crippen molar-refractivity contribution in [2.75, 3.05) is 53.6 Å². The minimum Gasteiger partial charge on any atom is -0.497 e. The summed E-state index contributed by atoms with van der Waals surface area (Å²) in [6.07, 6.45) is 4.64. The highest BCUT2D eigenvalue weighted by Crippen LogP contribution is 2.21. The minimum absolute atomic E-state index is 0. The van der Waals surface area contributed by atoms with E-state index >= 15 is 0 Å². The van der Waals surface area contributed by atoms with Crippen LogP contribution in [0.4, 0.5) is 0 Å². The van der Waals surface area contributed by atoms with Crippen LogP contribution in [-0.4, -0.2) is 70.5 Å². The number of nitrogens with one attached hydrogen (secondary N) is 2. The first-order chi connectivity index (χ1) is 14.2. The second kappa shape index (κ2) is 13.4. The molecule has 0 amide bonds. The Morgan fingerprint density at radius 3 is 2.57 bits per heavy atom. The van der Waals surface area contributed by atoms with Crippen molar-refractivity contribution in [3.8, 4) is 5.75 Å². The normalized spacial score (nSPS) is 21.7. The zero-order chi connectivity index (χ0) is 20.5. The van der Waals surface area contributed by atoms with Crippen LogP contribution < -0.4 is 15.4 Å². The molecule has 2 unspecified atom stereocenters. The smallest absolute Gasteiger partial charge is 0.191 e. The van der Waals surface area contributed by atoms with Gasteiger partial charge in [-0.1, -0.05) is 19.1 Å². The summed E-state index contributed by atoms with van der Waals surface area (Å²) in [4.78, 5) is 7.03. The van der Waals surface area contributed by atoms with Gasteiger partial charge in [0, 0.05) is 45.9 Å². The third kappa shape index (κ3) is 7.89. The molecule has 2 atom stereocenters. The first-order valence-electron chi connectivity index (χ1n) is 11.1. The van der Waals surface area contributed by atoms with E-state index in [1.807, 2.05) is 19.2 Å². The molecule has 1 aromatic carbocycles. The van der Waals surface area contributed by atoms with Gasteiger partial charge in [0.15, 0.2) is 5.96 Å². The lowest BCUT2D eigenvalue weighted by atomic mass is 9.98. The van der Waals surface area contributed by atoms with E-state index in [1.165, 1.54) is 44.5 Å². The van der Waals surface area contributed by atoms with Crippen LogP contribution in [0.5, 0.6) is 5.75 Å². The molecule has 0 saturated carbocycles. The van der Waals surface area contributed by atoms with E-state index in [1.54, 1.807) is 7.11 Å². The number of nitrogens with zero attached hydrogens (tertiary/aromatic N) is 2. The average Bonchev–Trinajstić information content (AvgIpc) is 3.27. The van der Waals surface area contributed by atoms with Crippen LogP contribution in [0.25, 0.3) is 0 Å². The fourth-order valence-corrected chi connectivity index (χ4v) is 4.25. The molecule has 0 radical (unpaired) electrons. The molecule has 1 aromatic rings. The molecular weight excluding hydrogens is 491 g/mol. The van der Waals surface area contributed by atoms with E-state index in [-0.39, 0.29) is 24.0 Å². The molecule has 2 N–H and O–H groups in total. The zero-order valence-corrected chi connectivity index (χ0v) is 21.1. The van der Waals surface area contributed by atoms with E-state index in [2.05, 4.69) is 39.6 Å². The van der Waals surface area contributed by atoms with E-state index in [4.69, 9.17) is 9.47 Å². The van der Waals surface area contributed by atoms with Crippen LogP contribution in [0.2, 0.25) is 0 Å². The molecule has 2 aliphatic heterocycles. The molecule has 7 heteroatoms. The molecule has 2 heterocycles. The molecule has 3 rings (SSSR count). The number of guanidine groups is 1. The summed E-state index contributed by atoms with van der Waals surface area (Å²) >= 11 is 0. The van der Waals surface area contributed by atoms with Crippen molar-refractivity contribution < 1.29 is 9.47 Å². The van der Waals surface area contributed by atoms with Crippen LogP contribution in [0.15, 0.2) is 29.3 Å². The van der Waals surface area contributed by atoms with Gasteiger partial charge >= 0.3 is 0 Å². The van der Waals surface area contributed by atoms with Crippen LogP contribution in [0.3, 0.4) is 0 Å². The van der Waals surface area contributed by atoms with Gasteiger partial charge in [-0.25, -0.2) is 0 Å². The summed E-state index contributed by atoms with van der Waals surface area (Å²) in [7, 11) is 3.56. The van der Waals surface area contributed by atoms with Gasteiger partial charge < -0.3 is 25.0 Å². The number of piperidine rings is 1. The maximum absolute atomic E-state index is 5.51. The Kier molecular flexibility index (Phi) is 11.2.